The predicted molar refractivity (Wildman–Crippen MR) is 214 cm³/mol. The van der Waals surface area contributed by atoms with Gasteiger partial charge in [0.1, 0.15) is 18.9 Å². The standard InChI is InChI=1S/C26H20N2O2.C20H14N2O.Cu/c1-17(15-29)3-4-18(2)23-13-11-21-9-10-22-12-14-24(28-26(22)25(21)27-23)20-7-5-19(16-30)6-8-20;1-13-2-5-16-8-9-17-10-11-18(22-20(17)19(16)21-13)15-6-3-14(12-23)4-7-15;/h3-16H,1-2H3;2-12H,1H3;/b17-3+,18-4+;;. The molecule has 7 nitrogen and oxygen atoms in total. The molecule has 4 aromatic heterocycles. The van der Waals surface area contributed by atoms with Crippen LogP contribution in [0.25, 0.3) is 71.7 Å². The van der Waals surface area contributed by atoms with E-state index in [1.165, 1.54) is 0 Å². The summed E-state index contributed by atoms with van der Waals surface area (Å²) in [4.78, 5) is 51.8. The third-order valence-corrected chi connectivity index (χ3v) is 9.05. The Kier molecular flexibility index (Phi) is 11.4. The monoisotopic (exact) mass is 753 g/mol. The number of fused-ring (bicyclic) bond motifs is 6. The molecular formula is C46H34CuN4O3. The molecule has 4 aromatic carbocycles. The molecule has 267 valence electrons. The van der Waals surface area contributed by atoms with Crippen molar-refractivity contribution in [1.29, 1.82) is 0 Å². The fourth-order valence-corrected chi connectivity index (χ4v) is 6.02. The van der Waals surface area contributed by atoms with Crippen molar-refractivity contribution in [3.05, 3.63) is 162 Å². The van der Waals surface area contributed by atoms with Gasteiger partial charge in [-0.25, -0.2) is 15.0 Å². The number of carbonyl (C=O) groups excluding carboxylic acids is 3. The van der Waals surface area contributed by atoms with Crippen LogP contribution in [0.3, 0.4) is 0 Å². The van der Waals surface area contributed by atoms with E-state index >= 15 is 0 Å². The third-order valence-electron chi connectivity index (χ3n) is 9.05. The van der Waals surface area contributed by atoms with E-state index < -0.39 is 0 Å². The summed E-state index contributed by atoms with van der Waals surface area (Å²) >= 11 is 0. The summed E-state index contributed by atoms with van der Waals surface area (Å²) in [5.74, 6) is 0. The van der Waals surface area contributed by atoms with Crippen LogP contribution in [0.5, 0.6) is 0 Å². The van der Waals surface area contributed by atoms with Crippen molar-refractivity contribution in [1.82, 2.24) is 19.9 Å². The van der Waals surface area contributed by atoms with Crippen LogP contribution < -0.4 is 0 Å². The number of rotatable bonds is 7. The Morgan fingerprint density at radius 1 is 0.463 bits per heavy atom. The molecule has 0 amide bonds. The Balaban J connectivity index is 0.000000187. The number of aldehydes is 3. The molecule has 0 spiro atoms. The van der Waals surface area contributed by atoms with E-state index in [2.05, 4.69) is 29.2 Å². The number of hydrogen-bond acceptors (Lipinski definition) is 7. The first kappa shape index (κ1) is 37.3. The quantitative estimate of drug-likeness (QED) is 0.0525. The van der Waals surface area contributed by atoms with E-state index in [0.29, 0.717) is 16.7 Å². The van der Waals surface area contributed by atoms with Gasteiger partial charge in [-0.15, -0.1) is 0 Å². The van der Waals surface area contributed by atoms with Crippen LogP contribution in [0.2, 0.25) is 0 Å². The van der Waals surface area contributed by atoms with E-state index in [9.17, 15) is 14.4 Å². The second-order valence-corrected chi connectivity index (χ2v) is 12.8. The van der Waals surface area contributed by atoms with E-state index in [1.54, 1.807) is 37.3 Å². The molecule has 8 aromatic rings. The maximum atomic E-state index is 10.9. The number of pyridine rings is 4. The van der Waals surface area contributed by atoms with Gasteiger partial charge in [-0.2, -0.15) is 0 Å². The van der Waals surface area contributed by atoms with Crippen LogP contribution in [0.15, 0.2) is 139 Å². The fraction of sp³-hybridized carbons (Fsp3) is 0.0652. The summed E-state index contributed by atoms with van der Waals surface area (Å²) in [5.41, 5.74) is 11.9. The van der Waals surface area contributed by atoms with Crippen molar-refractivity contribution in [2.45, 2.75) is 20.8 Å². The summed E-state index contributed by atoms with van der Waals surface area (Å²) in [6.45, 7) is 5.73. The average Bonchev–Trinajstić information content (AvgIpc) is 3.22. The molecular weight excluding hydrogens is 720 g/mol. The Hall–Kier alpha value is -6.47. The first-order chi connectivity index (χ1) is 25.8. The maximum Gasteiger partial charge on any atom is 0.150 e. The molecule has 8 rings (SSSR count). The number of allylic oxidation sites excluding steroid dienone is 4. The van der Waals surface area contributed by atoms with Crippen molar-refractivity contribution < 1.29 is 31.5 Å². The first-order valence-corrected chi connectivity index (χ1v) is 17.1. The van der Waals surface area contributed by atoms with Crippen LogP contribution in [-0.4, -0.2) is 38.8 Å². The van der Waals surface area contributed by atoms with Crippen molar-refractivity contribution in [3.8, 4) is 22.5 Å². The Labute approximate surface area is 323 Å². The number of hydrogen-bond donors (Lipinski definition) is 0. The number of aryl methyl sites for hydroxylation is 1. The SMILES string of the molecule is C/C(C=O)=C\C=C(/C)c1ccc2ccc3ccc(-c4ccc(C=O)cc4)nc3c2n1.Cc1ccc2ccc3ccc(-c4ccc(C=O)cc4)nc3c2n1.[Cu]. The number of nitrogens with zero attached hydrogens (tertiary/aromatic N) is 4. The van der Waals surface area contributed by atoms with Crippen molar-refractivity contribution >= 4 is 68.0 Å². The smallest absolute Gasteiger partial charge is 0.150 e. The molecule has 0 unspecified atom stereocenters. The van der Waals surface area contributed by atoms with Gasteiger partial charge in [-0.1, -0.05) is 109 Å². The average molecular weight is 754 g/mol. The molecule has 0 aliphatic carbocycles. The maximum absolute atomic E-state index is 10.9. The minimum Gasteiger partial charge on any atom is -0.298 e. The molecule has 0 bridgehead atoms. The van der Waals surface area contributed by atoms with Crippen LogP contribution in [0.4, 0.5) is 0 Å². The molecule has 54 heavy (non-hydrogen) atoms. The van der Waals surface area contributed by atoms with Crippen LogP contribution >= 0.6 is 0 Å². The molecule has 0 atom stereocenters. The normalized spacial score (nSPS) is 11.5. The zero-order valence-corrected chi connectivity index (χ0v) is 30.7. The second-order valence-electron chi connectivity index (χ2n) is 12.8. The number of aromatic nitrogens is 4. The Morgan fingerprint density at radius 2 is 0.870 bits per heavy atom. The van der Waals surface area contributed by atoms with E-state index in [1.807, 2.05) is 92.7 Å². The molecule has 4 heterocycles. The molecule has 0 saturated carbocycles. The van der Waals surface area contributed by atoms with Gasteiger partial charge in [-0.3, -0.25) is 19.4 Å². The summed E-state index contributed by atoms with van der Waals surface area (Å²) < 4.78 is 0. The Morgan fingerprint density at radius 3 is 1.33 bits per heavy atom. The van der Waals surface area contributed by atoms with Crippen molar-refractivity contribution in [2.75, 3.05) is 0 Å². The van der Waals surface area contributed by atoms with Gasteiger partial charge in [0.25, 0.3) is 0 Å². The van der Waals surface area contributed by atoms with Gasteiger partial charge in [0, 0.05) is 66.6 Å². The van der Waals surface area contributed by atoms with Gasteiger partial charge in [0.2, 0.25) is 0 Å². The first-order valence-electron chi connectivity index (χ1n) is 17.1. The molecule has 0 aliphatic rings. The van der Waals surface area contributed by atoms with Gasteiger partial charge < -0.3 is 0 Å². The van der Waals surface area contributed by atoms with Gasteiger partial charge in [0.15, 0.2) is 0 Å². The fourth-order valence-electron chi connectivity index (χ4n) is 6.02. The number of benzene rings is 4. The van der Waals surface area contributed by atoms with Crippen LogP contribution in [-0.2, 0) is 21.9 Å². The van der Waals surface area contributed by atoms with Gasteiger partial charge >= 0.3 is 0 Å². The topological polar surface area (TPSA) is 103 Å². The summed E-state index contributed by atoms with van der Waals surface area (Å²) in [6, 6.07) is 39.2. The third kappa shape index (κ3) is 7.96. The zero-order chi connectivity index (χ0) is 36.9. The minimum absolute atomic E-state index is 0. The van der Waals surface area contributed by atoms with Crippen LogP contribution in [0.1, 0.15) is 46.0 Å². The number of carbonyl (C=O) groups is 3. The second kappa shape index (κ2) is 16.5. The molecule has 0 aliphatic heterocycles. The van der Waals surface area contributed by atoms with Gasteiger partial charge in [0.05, 0.1) is 39.1 Å². The molecule has 0 saturated heterocycles. The van der Waals surface area contributed by atoms with Crippen molar-refractivity contribution in [3.63, 3.8) is 0 Å². The van der Waals surface area contributed by atoms with E-state index in [4.69, 9.17) is 15.0 Å². The minimum atomic E-state index is 0. The van der Waals surface area contributed by atoms with Crippen LogP contribution in [0, 0.1) is 6.92 Å². The van der Waals surface area contributed by atoms with E-state index in [-0.39, 0.29) is 17.1 Å². The molecule has 0 fully saturated rings. The zero-order valence-electron chi connectivity index (χ0n) is 29.7. The van der Waals surface area contributed by atoms with Gasteiger partial charge in [-0.05, 0) is 56.2 Å². The van der Waals surface area contributed by atoms with Crippen molar-refractivity contribution in [2.24, 2.45) is 0 Å². The molecule has 8 heteroatoms. The summed E-state index contributed by atoms with van der Waals surface area (Å²) in [7, 11) is 0. The predicted octanol–water partition coefficient (Wildman–Crippen LogP) is 10.4. The summed E-state index contributed by atoms with van der Waals surface area (Å²) in [6.07, 6.45) is 6.20. The summed E-state index contributed by atoms with van der Waals surface area (Å²) in [5, 5.41) is 4.19. The van der Waals surface area contributed by atoms with E-state index in [0.717, 1.165) is 102 Å². The molecule has 1 radical (unpaired) electrons. The molecule has 0 N–H and O–H groups in total. The largest absolute Gasteiger partial charge is 0.298 e. The Bertz CT molecular complexity index is 2760.